The molecule has 9 heteroatoms. The molecule has 0 radical (unpaired) electrons. The molecule has 174 valence electrons. The van der Waals surface area contributed by atoms with E-state index in [1.165, 1.54) is 6.07 Å². The molecule has 0 unspecified atom stereocenters. The predicted octanol–water partition coefficient (Wildman–Crippen LogP) is 6.15. The van der Waals surface area contributed by atoms with E-state index in [9.17, 15) is 9.90 Å². The molecule has 8 nitrogen and oxygen atoms in total. The molecule has 0 spiro atoms. The fourth-order valence-corrected chi connectivity index (χ4v) is 3.91. The summed E-state index contributed by atoms with van der Waals surface area (Å²) in [7, 11) is 1.58. The number of aromatic nitrogens is 4. The fraction of sp³-hybridized carbons (Fsp3) is 0.0769. The summed E-state index contributed by atoms with van der Waals surface area (Å²) in [5.74, 6) is -0.117. The first-order chi connectivity index (χ1) is 16.9. The second-order valence-electron chi connectivity index (χ2n) is 7.78. The normalized spacial score (nSPS) is 10.9. The van der Waals surface area contributed by atoms with Crippen molar-refractivity contribution in [1.29, 1.82) is 0 Å². The van der Waals surface area contributed by atoms with Crippen molar-refractivity contribution in [2.75, 3.05) is 7.11 Å². The van der Waals surface area contributed by atoms with Crippen LogP contribution in [0.2, 0.25) is 5.02 Å². The molecule has 0 saturated carbocycles. The van der Waals surface area contributed by atoms with Crippen LogP contribution >= 0.6 is 11.6 Å². The van der Waals surface area contributed by atoms with E-state index in [1.54, 1.807) is 38.4 Å². The van der Waals surface area contributed by atoms with Gasteiger partial charge in [-0.15, -0.1) is 0 Å². The maximum Gasteiger partial charge on any atom is 0.336 e. The van der Waals surface area contributed by atoms with Gasteiger partial charge in [0.1, 0.15) is 5.75 Å². The first-order valence-corrected chi connectivity index (χ1v) is 11.0. The van der Waals surface area contributed by atoms with E-state index < -0.39 is 5.97 Å². The first kappa shape index (κ1) is 22.4. The third-order valence-electron chi connectivity index (χ3n) is 5.50. The summed E-state index contributed by atoms with van der Waals surface area (Å²) in [4.78, 5) is 27.7. The Balaban J connectivity index is 1.42. The van der Waals surface area contributed by atoms with Crippen molar-refractivity contribution in [1.82, 2.24) is 19.9 Å². The van der Waals surface area contributed by atoms with E-state index in [4.69, 9.17) is 21.1 Å². The summed E-state index contributed by atoms with van der Waals surface area (Å²) in [6.07, 6.45) is 1.75. The van der Waals surface area contributed by atoms with Gasteiger partial charge in [-0.3, -0.25) is 0 Å². The first-order valence-electron chi connectivity index (χ1n) is 10.6. The van der Waals surface area contributed by atoms with Gasteiger partial charge in [0.25, 0.3) is 0 Å². The topological polar surface area (TPSA) is 110 Å². The Morgan fingerprint density at radius 2 is 1.71 bits per heavy atom. The Kier molecular flexibility index (Phi) is 5.80. The number of hydrogen-bond acceptors (Lipinski definition) is 6. The lowest BCUT2D eigenvalue weighted by Crippen LogP contribution is -2.00. The van der Waals surface area contributed by atoms with E-state index >= 15 is 0 Å². The van der Waals surface area contributed by atoms with Gasteiger partial charge in [-0.25, -0.2) is 14.8 Å². The summed E-state index contributed by atoms with van der Waals surface area (Å²) in [5.41, 5.74) is 5.20. The molecule has 35 heavy (non-hydrogen) atoms. The molecular formula is C26H19ClN4O4. The lowest BCUT2D eigenvalue weighted by molar-refractivity contribution is 0.0695. The molecule has 5 aromatic rings. The number of aryl methyl sites for hydroxylation is 1. The third-order valence-corrected chi connectivity index (χ3v) is 5.78. The average Bonchev–Trinajstić information content (AvgIpc) is 3.25. The van der Waals surface area contributed by atoms with Gasteiger partial charge >= 0.3 is 12.0 Å². The van der Waals surface area contributed by atoms with Gasteiger partial charge in [0.15, 0.2) is 5.65 Å². The van der Waals surface area contributed by atoms with Crippen LogP contribution in [-0.2, 0) is 0 Å². The predicted molar refractivity (Wildman–Crippen MR) is 132 cm³/mol. The Morgan fingerprint density at radius 3 is 2.40 bits per heavy atom. The highest BCUT2D eigenvalue weighted by molar-refractivity contribution is 6.33. The minimum atomic E-state index is -1.02. The zero-order chi connectivity index (χ0) is 24.5. The molecule has 0 amide bonds. The van der Waals surface area contributed by atoms with Crippen LogP contribution < -0.4 is 9.47 Å². The number of hydrogen-bond donors (Lipinski definition) is 2. The summed E-state index contributed by atoms with van der Waals surface area (Å²) in [6, 6.07) is 18.3. The summed E-state index contributed by atoms with van der Waals surface area (Å²) in [6.45, 7) is 1.72. The number of nitrogens with zero attached hydrogens (tertiary/aromatic N) is 3. The number of carboxylic acid groups (broad SMARTS) is 1. The van der Waals surface area contributed by atoms with Gasteiger partial charge in [-0.1, -0.05) is 41.9 Å². The van der Waals surface area contributed by atoms with Crippen LogP contribution in [0.4, 0.5) is 0 Å². The molecular weight excluding hydrogens is 468 g/mol. The minimum absolute atomic E-state index is 0.163. The molecule has 0 aliphatic rings. The lowest BCUT2D eigenvalue weighted by Gasteiger charge is -2.06. The monoisotopic (exact) mass is 486 g/mol. The SMILES string of the molecule is COc1ccc(-c2ccc(-c3nc4nc(Oc5ccc(C)c(C(=O)O)c5)[nH]c4cc3Cl)cc2)cn1. The Hall–Kier alpha value is -4.43. The molecule has 0 aliphatic heterocycles. The Morgan fingerprint density at radius 1 is 0.971 bits per heavy atom. The quantitative estimate of drug-likeness (QED) is 0.296. The van der Waals surface area contributed by atoms with Crippen molar-refractivity contribution >= 4 is 28.7 Å². The maximum atomic E-state index is 11.4. The number of pyridine rings is 2. The molecule has 2 N–H and O–H groups in total. The smallest absolute Gasteiger partial charge is 0.336 e. The zero-order valence-corrected chi connectivity index (χ0v) is 19.5. The summed E-state index contributed by atoms with van der Waals surface area (Å²) >= 11 is 6.53. The minimum Gasteiger partial charge on any atom is -0.481 e. The van der Waals surface area contributed by atoms with E-state index in [0.717, 1.165) is 16.7 Å². The van der Waals surface area contributed by atoms with E-state index in [1.807, 2.05) is 36.4 Å². The van der Waals surface area contributed by atoms with Crippen LogP contribution in [0.3, 0.4) is 0 Å². The number of imidazole rings is 1. The number of carboxylic acids is 1. The lowest BCUT2D eigenvalue weighted by atomic mass is 10.0. The van der Waals surface area contributed by atoms with E-state index in [0.29, 0.717) is 39.1 Å². The van der Waals surface area contributed by atoms with E-state index in [2.05, 4.69) is 19.9 Å². The molecule has 5 rings (SSSR count). The number of rotatable bonds is 6. The largest absolute Gasteiger partial charge is 0.481 e. The molecule has 0 atom stereocenters. The second-order valence-corrected chi connectivity index (χ2v) is 8.19. The number of carbonyl (C=O) groups is 1. The number of nitrogens with one attached hydrogen (secondary N) is 1. The number of ether oxygens (including phenoxy) is 2. The number of methoxy groups -OCH3 is 1. The van der Waals surface area contributed by atoms with Crippen molar-refractivity contribution in [3.8, 4) is 40.0 Å². The van der Waals surface area contributed by atoms with Crippen molar-refractivity contribution in [2.45, 2.75) is 6.92 Å². The molecule has 2 aromatic carbocycles. The number of fused-ring (bicyclic) bond motifs is 1. The van der Waals surface area contributed by atoms with Gasteiger partial charge in [0.2, 0.25) is 5.88 Å². The molecule has 0 aliphatic carbocycles. The number of benzene rings is 2. The highest BCUT2D eigenvalue weighted by Gasteiger charge is 2.14. The molecule has 0 bridgehead atoms. The van der Waals surface area contributed by atoms with Gasteiger partial charge in [-0.05, 0) is 42.3 Å². The van der Waals surface area contributed by atoms with Crippen molar-refractivity contribution in [3.05, 3.63) is 83.0 Å². The number of aromatic amines is 1. The van der Waals surface area contributed by atoms with Crippen LogP contribution in [0.25, 0.3) is 33.5 Å². The third kappa shape index (κ3) is 4.51. The fourth-order valence-electron chi connectivity index (χ4n) is 3.65. The van der Waals surface area contributed by atoms with Crippen LogP contribution in [0.5, 0.6) is 17.6 Å². The highest BCUT2D eigenvalue weighted by Crippen LogP contribution is 2.32. The van der Waals surface area contributed by atoms with Crippen LogP contribution in [-0.4, -0.2) is 38.1 Å². The van der Waals surface area contributed by atoms with Crippen molar-refractivity contribution in [2.24, 2.45) is 0 Å². The molecule has 3 aromatic heterocycles. The Bertz CT molecular complexity index is 1550. The van der Waals surface area contributed by atoms with Crippen molar-refractivity contribution in [3.63, 3.8) is 0 Å². The highest BCUT2D eigenvalue weighted by atomic mass is 35.5. The number of halogens is 1. The van der Waals surface area contributed by atoms with Crippen molar-refractivity contribution < 1.29 is 19.4 Å². The zero-order valence-electron chi connectivity index (χ0n) is 18.7. The molecule has 0 saturated heterocycles. The summed E-state index contributed by atoms with van der Waals surface area (Å²) in [5, 5.41) is 9.78. The van der Waals surface area contributed by atoms with Gasteiger partial charge < -0.3 is 19.6 Å². The van der Waals surface area contributed by atoms with Crippen LogP contribution in [0.15, 0.2) is 66.9 Å². The Labute approximate surface area is 205 Å². The van der Waals surface area contributed by atoms with Crippen LogP contribution in [0, 0.1) is 6.92 Å². The number of H-pyrrole nitrogens is 1. The van der Waals surface area contributed by atoms with Gasteiger partial charge in [0.05, 0.1) is 28.9 Å². The standard InChI is InChI=1S/C26H19ClN4O4/c1-14-3-9-18(11-19(14)25(32)33)35-26-29-21-12-20(27)23(30-24(21)31-26)16-6-4-15(5-7-16)17-8-10-22(34-2)28-13-17/h3-13H,1-2H3,(H,32,33)(H,29,30,31). The molecule has 3 heterocycles. The molecule has 0 fully saturated rings. The maximum absolute atomic E-state index is 11.4. The summed E-state index contributed by atoms with van der Waals surface area (Å²) < 4.78 is 10.9. The number of aromatic carboxylic acids is 1. The van der Waals surface area contributed by atoms with E-state index in [-0.39, 0.29) is 11.6 Å². The second kappa shape index (κ2) is 9.08. The average molecular weight is 487 g/mol. The van der Waals surface area contributed by atoms with Gasteiger partial charge in [0, 0.05) is 23.4 Å². The van der Waals surface area contributed by atoms with Gasteiger partial charge in [-0.2, -0.15) is 4.98 Å². The van der Waals surface area contributed by atoms with Crippen LogP contribution in [0.1, 0.15) is 15.9 Å².